The van der Waals surface area contributed by atoms with Gasteiger partial charge in [-0.1, -0.05) is 0 Å². The first kappa shape index (κ1) is 53.8. The van der Waals surface area contributed by atoms with Crippen LogP contribution < -0.4 is 0 Å². The van der Waals surface area contributed by atoms with Gasteiger partial charge in [0.1, 0.15) is 24.4 Å². The van der Waals surface area contributed by atoms with E-state index < -0.39 is 177 Å². The molecule has 0 amide bonds. The molecule has 0 saturated heterocycles. The number of aliphatic hydroxyl groups is 6. The van der Waals surface area contributed by atoms with Crippen LogP contribution in [0.15, 0.2) is 48.5 Å². The number of rotatable bonds is 18. The SMILES string of the molecule is O=C[C@H](OC(=O)c1cc(O)c(O)c(O)c1)[C@@H](OC(=O)c1cc(O)c(O)c(O)c1)[C@H](O)[C@H](O)CO.O=C[C@H](OC(=O)c1cc(O)c(O)c(O)c1)[C@@H](OC(=O)c1cc(O)c(O)c(O)c1)[C@H](O)[C@H](O)CO. The molecule has 4 rings (SSSR count). The first-order chi connectivity index (χ1) is 31.8. The Labute approximate surface area is 377 Å². The second kappa shape index (κ2) is 23.1. The van der Waals surface area contributed by atoms with Crippen LogP contribution in [-0.4, -0.2) is 190 Å². The van der Waals surface area contributed by atoms with Gasteiger partial charge >= 0.3 is 23.9 Å². The molecule has 0 fully saturated rings. The van der Waals surface area contributed by atoms with Crippen LogP contribution in [0.3, 0.4) is 0 Å². The Hall–Kier alpha value is -8.54. The molecule has 0 aromatic heterocycles. The average molecular weight is 969 g/mol. The van der Waals surface area contributed by atoms with Crippen LogP contribution in [0.25, 0.3) is 0 Å². The summed E-state index contributed by atoms with van der Waals surface area (Å²) in [6.45, 7) is -2.15. The van der Waals surface area contributed by atoms with Crippen molar-refractivity contribution in [2.45, 2.75) is 48.8 Å². The zero-order chi connectivity index (χ0) is 51.5. The lowest BCUT2D eigenvalue weighted by atomic mass is 10.0. The van der Waals surface area contributed by atoms with Gasteiger partial charge in [-0.25, -0.2) is 19.2 Å². The minimum absolute atomic E-state index is 0.102. The molecule has 0 aliphatic rings. The molecule has 0 radical (unpaired) electrons. The van der Waals surface area contributed by atoms with E-state index in [0.29, 0.717) is 48.5 Å². The summed E-state index contributed by atoms with van der Waals surface area (Å²) in [6.07, 6.45) is -17.2. The van der Waals surface area contributed by atoms with Gasteiger partial charge in [0.05, 0.1) is 35.5 Å². The summed E-state index contributed by atoms with van der Waals surface area (Å²) in [7, 11) is 0. The maximum atomic E-state index is 12.5. The highest BCUT2D eigenvalue weighted by Crippen LogP contribution is 2.39. The Morgan fingerprint density at radius 2 is 0.574 bits per heavy atom. The molecule has 28 heteroatoms. The largest absolute Gasteiger partial charge is 0.504 e. The number of hydrogen-bond donors (Lipinski definition) is 18. The molecule has 0 aliphatic carbocycles. The molecule has 18 N–H and O–H groups in total. The van der Waals surface area contributed by atoms with Crippen LogP contribution in [0.4, 0.5) is 0 Å². The number of phenols is 12. The van der Waals surface area contributed by atoms with Gasteiger partial charge in [-0.3, -0.25) is 9.59 Å². The van der Waals surface area contributed by atoms with Crippen molar-refractivity contribution in [1.29, 1.82) is 0 Å². The first-order valence-electron chi connectivity index (χ1n) is 18.5. The smallest absolute Gasteiger partial charge is 0.339 e. The summed E-state index contributed by atoms with van der Waals surface area (Å²) in [5.74, 6) is -16.8. The van der Waals surface area contributed by atoms with E-state index in [1.54, 1.807) is 0 Å². The molecular weight excluding hydrogens is 928 g/mol. The Morgan fingerprint density at radius 1 is 0.382 bits per heavy atom. The van der Waals surface area contributed by atoms with Gasteiger partial charge in [0.2, 0.25) is 0 Å². The Balaban J connectivity index is 0.000000360. The molecule has 4 aromatic carbocycles. The topological polar surface area (TPSA) is 503 Å². The molecule has 68 heavy (non-hydrogen) atoms. The second-order valence-electron chi connectivity index (χ2n) is 13.7. The zero-order valence-corrected chi connectivity index (χ0v) is 33.9. The maximum absolute atomic E-state index is 12.5. The number of phenolic OH excluding ortho intramolecular Hbond substituents is 12. The fraction of sp³-hybridized carbons (Fsp3) is 0.250. The van der Waals surface area contributed by atoms with E-state index in [-0.39, 0.29) is 12.6 Å². The van der Waals surface area contributed by atoms with E-state index in [9.17, 15) is 110 Å². The molecule has 0 unspecified atom stereocenters. The lowest BCUT2D eigenvalue weighted by Gasteiger charge is -2.29. The first-order valence-corrected chi connectivity index (χ1v) is 18.5. The van der Waals surface area contributed by atoms with Gasteiger partial charge in [0, 0.05) is 0 Å². The van der Waals surface area contributed by atoms with Gasteiger partial charge in [-0.2, -0.15) is 0 Å². The zero-order valence-electron chi connectivity index (χ0n) is 33.9. The lowest BCUT2D eigenvalue weighted by molar-refractivity contribution is -0.140. The van der Waals surface area contributed by atoms with Gasteiger partial charge < -0.3 is 111 Å². The van der Waals surface area contributed by atoms with Crippen molar-refractivity contribution in [2.75, 3.05) is 13.2 Å². The third kappa shape index (κ3) is 12.8. The molecule has 8 atom stereocenters. The molecule has 368 valence electrons. The van der Waals surface area contributed by atoms with Crippen molar-refractivity contribution in [3.8, 4) is 69.0 Å². The third-order valence-electron chi connectivity index (χ3n) is 8.95. The lowest BCUT2D eigenvalue weighted by Crippen LogP contribution is -2.50. The van der Waals surface area contributed by atoms with Gasteiger partial charge in [-0.05, 0) is 48.5 Å². The summed E-state index contributed by atoms with van der Waals surface area (Å²) in [4.78, 5) is 72.9. The highest BCUT2D eigenvalue weighted by atomic mass is 16.6. The standard InChI is InChI=1S/2C20H20O14/c2*21-5-13(27)17(30)18(34-20(32)8-3-11(25)16(29)12(26)4-8)14(6-22)33-19(31)7-1-9(23)15(28)10(24)2-7/h2*1-4,6,13-14,17-18,21,23-30H,5H2/t2*13-,14+,17-,18-/m11/s1. The van der Waals surface area contributed by atoms with E-state index in [1.165, 1.54) is 0 Å². The minimum atomic E-state index is -2.21. The predicted octanol–water partition coefficient (Wildman–Crippen LogP) is -2.83. The van der Waals surface area contributed by atoms with Crippen LogP contribution in [0.5, 0.6) is 69.0 Å². The van der Waals surface area contributed by atoms with Crippen LogP contribution in [-0.2, 0) is 28.5 Å². The normalized spacial score (nSPS) is 14.4. The molecule has 28 nitrogen and oxygen atoms in total. The monoisotopic (exact) mass is 968 g/mol. The van der Waals surface area contributed by atoms with Crippen molar-refractivity contribution < 1.29 is 140 Å². The highest BCUT2D eigenvalue weighted by Gasteiger charge is 2.41. The van der Waals surface area contributed by atoms with E-state index in [0.717, 1.165) is 0 Å². The van der Waals surface area contributed by atoms with Gasteiger partial charge in [-0.15, -0.1) is 0 Å². The van der Waals surface area contributed by atoms with E-state index in [4.69, 9.17) is 29.2 Å². The van der Waals surface area contributed by atoms with Crippen LogP contribution in [0.2, 0.25) is 0 Å². The number of esters is 4. The maximum Gasteiger partial charge on any atom is 0.339 e. The van der Waals surface area contributed by atoms with Crippen molar-refractivity contribution in [3.63, 3.8) is 0 Å². The Bertz CT molecular complexity index is 2240. The molecule has 0 bridgehead atoms. The number of hydrogen-bond acceptors (Lipinski definition) is 28. The van der Waals surface area contributed by atoms with E-state index >= 15 is 0 Å². The summed E-state index contributed by atoms with van der Waals surface area (Å²) in [5, 5.41) is 172. The van der Waals surface area contributed by atoms with E-state index in [1.807, 2.05) is 0 Å². The predicted molar refractivity (Wildman–Crippen MR) is 213 cm³/mol. The Kier molecular flexibility index (Phi) is 18.3. The van der Waals surface area contributed by atoms with Crippen LogP contribution in [0.1, 0.15) is 41.4 Å². The number of carbonyl (C=O) groups excluding carboxylic acids is 6. The second-order valence-corrected chi connectivity index (χ2v) is 13.7. The summed E-state index contributed by atoms with van der Waals surface area (Å²) < 4.78 is 19.5. The highest BCUT2D eigenvalue weighted by molar-refractivity contribution is 5.94. The third-order valence-corrected chi connectivity index (χ3v) is 8.95. The molecule has 0 heterocycles. The molecule has 4 aromatic rings. The summed E-state index contributed by atoms with van der Waals surface area (Å²) in [6, 6.07) is 5.31. The quantitative estimate of drug-likeness (QED) is 0.0207. The van der Waals surface area contributed by atoms with Gasteiger partial charge in [0.25, 0.3) is 0 Å². The molecule has 0 saturated carbocycles. The number of aromatic hydroxyl groups is 12. The van der Waals surface area contributed by atoms with Crippen LogP contribution >= 0.6 is 0 Å². The Morgan fingerprint density at radius 3 is 0.750 bits per heavy atom. The number of aldehydes is 2. The number of benzene rings is 4. The van der Waals surface area contributed by atoms with Crippen LogP contribution in [0, 0.1) is 0 Å². The van der Waals surface area contributed by atoms with Crippen molar-refractivity contribution in [3.05, 3.63) is 70.8 Å². The number of carbonyl (C=O) groups is 6. The molecule has 0 aliphatic heterocycles. The minimum Gasteiger partial charge on any atom is -0.504 e. The summed E-state index contributed by atoms with van der Waals surface area (Å²) in [5.41, 5.74) is -2.33. The van der Waals surface area contributed by atoms with E-state index in [2.05, 4.69) is 0 Å². The summed E-state index contributed by atoms with van der Waals surface area (Å²) >= 11 is 0. The van der Waals surface area contributed by atoms with Crippen molar-refractivity contribution >= 4 is 36.4 Å². The fourth-order valence-electron chi connectivity index (χ4n) is 5.32. The fourth-order valence-corrected chi connectivity index (χ4v) is 5.32. The average Bonchev–Trinajstić information content (AvgIpc) is 3.30. The van der Waals surface area contributed by atoms with Gasteiger partial charge in [0.15, 0.2) is 106 Å². The van der Waals surface area contributed by atoms with Crippen molar-refractivity contribution in [2.24, 2.45) is 0 Å². The molecule has 0 spiro atoms. The molecular formula is C40H40O28. The number of aliphatic hydroxyl groups excluding tert-OH is 6. The van der Waals surface area contributed by atoms with Crippen molar-refractivity contribution in [1.82, 2.24) is 0 Å². The number of ether oxygens (including phenoxy) is 4.